The number of rotatable bonds is 4. The highest BCUT2D eigenvalue weighted by Crippen LogP contribution is 2.48. The van der Waals surface area contributed by atoms with Gasteiger partial charge in [0.25, 0.3) is 0 Å². The van der Waals surface area contributed by atoms with Crippen molar-refractivity contribution in [3.63, 3.8) is 0 Å². The number of allylic oxidation sites excluding steroid dienone is 3. The molecule has 0 unspecified atom stereocenters. The minimum atomic E-state index is -1.06. The fourth-order valence-corrected chi connectivity index (χ4v) is 5.47. The zero-order valence-electron chi connectivity index (χ0n) is 17.8. The number of Topliss-reactive ketones (excluding diaryl/α,β-unsaturated/α-hetero) is 1. The summed E-state index contributed by atoms with van der Waals surface area (Å²) >= 11 is 1.47. The largest absolute Gasteiger partial charge is 0.468 e. The molecule has 0 saturated carbocycles. The number of halogens is 1. The van der Waals surface area contributed by atoms with E-state index in [1.165, 1.54) is 43.8 Å². The van der Waals surface area contributed by atoms with Crippen molar-refractivity contribution in [2.45, 2.75) is 25.2 Å². The van der Waals surface area contributed by atoms with E-state index < -0.39 is 41.3 Å². The van der Waals surface area contributed by atoms with Crippen LogP contribution in [-0.2, 0) is 23.9 Å². The average Bonchev–Trinajstić information content (AvgIpc) is 3.32. The first-order valence-corrected chi connectivity index (χ1v) is 10.9. The van der Waals surface area contributed by atoms with E-state index in [4.69, 9.17) is 9.47 Å². The van der Waals surface area contributed by atoms with Crippen molar-refractivity contribution in [1.82, 2.24) is 5.32 Å². The summed E-state index contributed by atoms with van der Waals surface area (Å²) in [5.74, 6) is -4.52. The minimum absolute atomic E-state index is 0.211. The number of dihydropyridines is 1. The van der Waals surface area contributed by atoms with Crippen LogP contribution >= 0.6 is 11.3 Å². The Hall–Kier alpha value is -3.26. The molecule has 2 aliphatic rings. The van der Waals surface area contributed by atoms with Crippen molar-refractivity contribution >= 4 is 29.1 Å². The molecule has 1 aliphatic heterocycles. The SMILES string of the molecule is COC(=O)C1=C(C)NC2=C(C(=O)[C@H](C(=O)OC)[C@H](c3cccs3)C2)[C@H]1c1cccc(F)c1. The smallest absolute Gasteiger partial charge is 0.336 e. The van der Waals surface area contributed by atoms with E-state index in [2.05, 4.69) is 5.32 Å². The Balaban J connectivity index is 1.92. The summed E-state index contributed by atoms with van der Waals surface area (Å²) in [6.07, 6.45) is 0.374. The van der Waals surface area contributed by atoms with Gasteiger partial charge >= 0.3 is 11.9 Å². The van der Waals surface area contributed by atoms with Crippen LogP contribution in [0.15, 0.2) is 64.3 Å². The van der Waals surface area contributed by atoms with Crippen molar-refractivity contribution in [2.24, 2.45) is 5.92 Å². The van der Waals surface area contributed by atoms with E-state index in [0.29, 0.717) is 23.4 Å². The Morgan fingerprint density at radius 1 is 1.16 bits per heavy atom. The number of thiophene rings is 1. The van der Waals surface area contributed by atoms with Crippen molar-refractivity contribution in [3.05, 3.63) is 80.6 Å². The molecule has 166 valence electrons. The molecule has 0 bridgehead atoms. The quantitative estimate of drug-likeness (QED) is 0.558. The number of ketones is 1. The van der Waals surface area contributed by atoms with Crippen molar-refractivity contribution in [1.29, 1.82) is 0 Å². The molecule has 2 heterocycles. The van der Waals surface area contributed by atoms with Gasteiger partial charge in [0.15, 0.2) is 5.78 Å². The number of esters is 2. The van der Waals surface area contributed by atoms with Crippen LogP contribution in [-0.4, -0.2) is 31.9 Å². The number of hydrogen-bond donors (Lipinski definition) is 1. The van der Waals surface area contributed by atoms with Crippen LogP contribution in [0.2, 0.25) is 0 Å². The Morgan fingerprint density at radius 2 is 1.94 bits per heavy atom. The summed E-state index contributed by atoms with van der Waals surface area (Å²) in [4.78, 5) is 40.2. The first-order valence-electron chi connectivity index (χ1n) is 10.1. The third-order valence-electron chi connectivity index (χ3n) is 5.97. The summed E-state index contributed by atoms with van der Waals surface area (Å²) in [5.41, 5.74) is 2.06. The summed E-state index contributed by atoms with van der Waals surface area (Å²) in [7, 11) is 2.50. The van der Waals surface area contributed by atoms with Crippen LogP contribution in [0.1, 0.15) is 35.6 Å². The number of benzene rings is 1. The molecule has 6 nitrogen and oxygen atoms in total. The molecule has 1 N–H and O–H groups in total. The van der Waals surface area contributed by atoms with Gasteiger partial charge in [-0.2, -0.15) is 0 Å². The number of carbonyl (C=O) groups is 3. The minimum Gasteiger partial charge on any atom is -0.468 e. The normalized spacial score (nSPS) is 22.9. The fraction of sp³-hybridized carbons (Fsp3) is 0.292. The molecule has 1 aliphatic carbocycles. The monoisotopic (exact) mass is 455 g/mol. The molecule has 2 aromatic rings. The van der Waals surface area contributed by atoms with Crippen LogP contribution in [0.25, 0.3) is 0 Å². The molecule has 4 rings (SSSR count). The topological polar surface area (TPSA) is 81.7 Å². The Kier molecular flexibility index (Phi) is 5.97. The number of carbonyl (C=O) groups excluding carboxylic acids is 3. The second kappa shape index (κ2) is 8.70. The van der Waals surface area contributed by atoms with E-state index >= 15 is 0 Å². The standard InChI is InChI=1S/C24H22FNO5S/c1-12-18(23(28)30-2)19(13-6-4-7-14(25)10-13)21-16(26-12)11-15(17-8-5-9-32-17)20(22(21)27)24(29)31-3/h4-10,15,19-20,26H,11H2,1-3H3/t15-,19-,20+/m0/s1. The van der Waals surface area contributed by atoms with Crippen molar-refractivity contribution < 1.29 is 28.2 Å². The lowest BCUT2D eigenvalue weighted by Crippen LogP contribution is -2.43. The molecule has 0 fully saturated rings. The van der Waals surface area contributed by atoms with Gasteiger partial charge in [-0.3, -0.25) is 9.59 Å². The zero-order chi connectivity index (χ0) is 23.0. The number of methoxy groups -OCH3 is 2. The van der Waals surface area contributed by atoms with Gasteiger partial charge in [0.2, 0.25) is 0 Å². The molecular formula is C24H22FNO5S. The summed E-state index contributed by atoms with van der Waals surface area (Å²) < 4.78 is 24.1. The van der Waals surface area contributed by atoms with Gasteiger partial charge in [-0.15, -0.1) is 11.3 Å². The lowest BCUT2D eigenvalue weighted by atomic mass is 9.68. The molecule has 3 atom stereocenters. The van der Waals surface area contributed by atoms with Gasteiger partial charge in [0, 0.05) is 33.7 Å². The molecule has 32 heavy (non-hydrogen) atoms. The second-order valence-electron chi connectivity index (χ2n) is 7.73. The van der Waals surface area contributed by atoms with Gasteiger partial charge in [-0.05, 0) is 42.5 Å². The zero-order valence-corrected chi connectivity index (χ0v) is 18.6. The second-order valence-corrected chi connectivity index (χ2v) is 8.71. The number of nitrogens with one attached hydrogen (secondary N) is 1. The van der Waals surface area contributed by atoms with Gasteiger partial charge < -0.3 is 14.8 Å². The van der Waals surface area contributed by atoms with Crippen LogP contribution in [0.3, 0.4) is 0 Å². The first kappa shape index (κ1) is 22.0. The summed E-state index contributed by atoms with van der Waals surface area (Å²) in [6.45, 7) is 1.72. The van der Waals surface area contributed by atoms with Gasteiger partial charge in [0.05, 0.1) is 19.8 Å². The summed E-state index contributed by atoms with van der Waals surface area (Å²) in [6, 6.07) is 9.53. The highest BCUT2D eigenvalue weighted by atomic mass is 32.1. The molecule has 0 spiro atoms. The summed E-state index contributed by atoms with van der Waals surface area (Å²) in [5, 5.41) is 5.09. The van der Waals surface area contributed by atoms with E-state index in [1.54, 1.807) is 13.0 Å². The third kappa shape index (κ3) is 3.64. The molecule has 1 aromatic carbocycles. The van der Waals surface area contributed by atoms with Crippen molar-refractivity contribution in [3.8, 4) is 0 Å². The van der Waals surface area contributed by atoms with Crippen LogP contribution in [0.4, 0.5) is 4.39 Å². The maximum Gasteiger partial charge on any atom is 0.336 e. The highest BCUT2D eigenvalue weighted by Gasteiger charge is 2.49. The molecule has 0 amide bonds. The first-order chi connectivity index (χ1) is 15.4. The number of ether oxygens (including phenoxy) is 2. The Labute approximate surface area is 188 Å². The Morgan fingerprint density at radius 3 is 2.56 bits per heavy atom. The fourth-order valence-electron chi connectivity index (χ4n) is 4.60. The van der Waals surface area contributed by atoms with E-state index in [0.717, 1.165) is 4.88 Å². The van der Waals surface area contributed by atoms with E-state index in [1.807, 2.05) is 17.5 Å². The van der Waals surface area contributed by atoms with E-state index in [9.17, 15) is 18.8 Å². The maximum atomic E-state index is 14.1. The van der Waals surface area contributed by atoms with Gasteiger partial charge in [-0.25, -0.2) is 9.18 Å². The number of hydrogen-bond acceptors (Lipinski definition) is 7. The van der Waals surface area contributed by atoms with E-state index in [-0.39, 0.29) is 11.1 Å². The predicted octanol–water partition coefficient (Wildman–Crippen LogP) is 3.82. The molecule has 8 heteroatoms. The third-order valence-corrected chi connectivity index (χ3v) is 6.97. The van der Waals surface area contributed by atoms with Crippen LogP contribution < -0.4 is 5.32 Å². The van der Waals surface area contributed by atoms with Crippen molar-refractivity contribution in [2.75, 3.05) is 14.2 Å². The maximum absolute atomic E-state index is 14.1. The lowest BCUT2D eigenvalue weighted by Gasteiger charge is -2.39. The lowest BCUT2D eigenvalue weighted by molar-refractivity contribution is -0.149. The molecule has 1 aromatic heterocycles. The molecular weight excluding hydrogens is 433 g/mol. The van der Waals surface area contributed by atoms with Gasteiger partial charge in [0.1, 0.15) is 11.7 Å². The average molecular weight is 456 g/mol. The van der Waals surface area contributed by atoms with Crippen LogP contribution in [0, 0.1) is 11.7 Å². The van der Waals surface area contributed by atoms with Crippen LogP contribution in [0.5, 0.6) is 0 Å². The predicted molar refractivity (Wildman–Crippen MR) is 116 cm³/mol. The highest BCUT2D eigenvalue weighted by molar-refractivity contribution is 7.10. The molecule has 0 saturated heterocycles. The molecule has 0 radical (unpaired) electrons. The van der Waals surface area contributed by atoms with Gasteiger partial charge in [-0.1, -0.05) is 18.2 Å². The Bertz CT molecular complexity index is 1150.